The average molecular weight is 513 g/mol. The molecule has 0 amide bonds. The van der Waals surface area contributed by atoms with Crippen LogP contribution in [0.3, 0.4) is 0 Å². The molecule has 0 unspecified atom stereocenters. The standard InChI is InChI=1S/C29H25BrN2O2/c1-20-5-4-6-27(29(20)32-19-31-24-13-11-23(30)12-14-24)28(21-7-15-25(33-2)16-8-21)22-9-17-26(34-3)18-10-22/h4-18,28H,1-3H3. The second-order valence-electron chi connectivity index (χ2n) is 7.79. The highest BCUT2D eigenvalue weighted by Crippen LogP contribution is 2.39. The molecule has 0 heterocycles. The summed E-state index contributed by atoms with van der Waals surface area (Å²) in [5.41, 5.74) is 6.07. The fourth-order valence-corrected chi connectivity index (χ4v) is 4.12. The molecule has 5 heteroatoms. The van der Waals surface area contributed by atoms with Crippen molar-refractivity contribution in [1.82, 2.24) is 0 Å². The van der Waals surface area contributed by atoms with Gasteiger partial charge in [0.05, 0.1) is 25.6 Å². The normalized spacial score (nSPS) is 10.5. The Bertz CT molecular complexity index is 1260. The fraction of sp³-hybridized carbons (Fsp3) is 0.138. The number of aryl methyl sites for hydroxylation is 1. The van der Waals surface area contributed by atoms with Crippen LogP contribution in [-0.4, -0.2) is 20.2 Å². The van der Waals surface area contributed by atoms with Crippen molar-refractivity contribution in [2.45, 2.75) is 12.8 Å². The average Bonchev–Trinajstić information content (AvgIpc) is 2.87. The Hall–Kier alpha value is -3.66. The van der Waals surface area contributed by atoms with Crippen molar-refractivity contribution in [2.24, 2.45) is 9.98 Å². The first-order valence-corrected chi connectivity index (χ1v) is 11.7. The van der Waals surface area contributed by atoms with Gasteiger partial charge in [-0.1, -0.05) is 58.4 Å². The van der Waals surface area contributed by atoms with E-state index in [2.05, 4.69) is 81.3 Å². The molecule has 4 aromatic rings. The molecule has 0 atom stereocenters. The molecule has 4 aromatic carbocycles. The number of ether oxygens (including phenoxy) is 2. The maximum Gasteiger partial charge on any atom is 0.118 e. The summed E-state index contributed by atoms with van der Waals surface area (Å²) in [5.74, 6) is 1.60. The van der Waals surface area contributed by atoms with Gasteiger partial charge in [-0.15, -0.1) is 0 Å². The van der Waals surface area contributed by atoms with Gasteiger partial charge >= 0.3 is 0 Å². The van der Waals surface area contributed by atoms with E-state index in [1.807, 2.05) is 48.5 Å². The van der Waals surface area contributed by atoms with E-state index >= 15 is 0 Å². The van der Waals surface area contributed by atoms with E-state index in [9.17, 15) is 0 Å². The molecular weight excluding hydrogens is 488 g/mol. The van der Waals surface area contributed by atoms with E-state index < -0.39 is 0 Å². The maximum atomic E-state index is 5.38. The van der Waals surface area contributed by atoms with Crippen molar-refractivity contribution < 1.29 is 9.47 Å². The SMILES string of the molecule is COc1ccc(C(c2ccc(OC)cc2)c2cccc(C)c2N=C=Nc2ccc(Br)cc2)cc1. The second-order valence-corrected chi connectivity index (χ2v) is 8.71. The van der Waals surface area contributed by atoms with E-state index in [4.69, 9.17) is 9.47 Å². The van der Waals surface area contributed by atoms with Gasteiger partial charge in [0.15, 0.2) is 0 Å². The lowest BCUT2D eigenvalue weighted by Gasteiger charge is -2.21. The van der Waals surface area contributed by atoms with E-state index in [0.717, 1.165) is 49.6 Å². The Labute approximate surface area is 208 Å². The molecule has 0 aliphatic rings. The summed E-state index contributed by atoms with van der Waals surface area (Å²) in [5, 5.41) is 0. The number of halogens is 1. The topological polar surface area (TPSA) is 43.2 Å². The minimum atomic E-state index is -0.0371. The molecule has 0 aliphatic carbocycles. The Morgan fingerprint density at radius 1 is 0.706 bits per heavy atom. The van der Waals surface area contributed by atoms with Crippen LogP contribution < -0.4 is 9.47 Å². The van der Waals surface area contributed by atoms with Gasteiger partial charge in [0, 0.05) is 10.4 Å². The van der Waals surface area contributed by atoms with E-state index in [0.29, 0.717) is 0 Å². The molecule has 4 rings (SSSR count). The first-order chi connectivity index (χ1) is 16.6. The number of benzene rings is 4. The lowest BCUT2D eigenvalue weighted by molar-refractivity contribution is 0.414. The Morgan fingerprint density at radius 3 is 1.79 bits per heavy atom. The molecule has 0 aromatic heterocycles. The number of methoxy groups -OCH3 is 2. The first-order valence-electron chi connectivity index (χ1n) is 10.9. The molecule has 0 saturated heterocycles. The van der Waals surface area contributed by atoms with Crippen LogP contribution in [0.15, 0.2) is 105 Å². The highest BCUT2D eigenvalue weighted by atomic mass is 79.9. The van der Waals surface area contributed by atoms with Crippen molar-refractivity contribution in [3.63, 3.8) is 0 Å². The maximum absolute atomic E-state index is 5.38. The third-order valence-corrected chi connectivity index (χ3v) is 6.17. The smallest absolute Gasteiger partial charge is 0.118 e. The Morgan fingerprint density at radius 2 is 1.26 bits per heavy atom. The van der Waals surface area contributed by atoms with Crippen LogP contribution in [0, 0.1) is 6.92 Å². The van der Waals surface area contributed by atoms with Gasteiger partial charge in [0.2, 0.25) is 0 Å². The molecule has 0 spiro atoms. The highest BCUT2D eigenvalue weighted by molar-refractivity contribution is 9.10. The van der Waals surface area contributed by atoms with Crippen molar-refractivity contribution in [2.75, 3.05) is 14.2 Å². The van der Waals surface area contributed by atoms with Crippen molar-refractivity contribution in [3.05, 3.63) is 118 Å². The summed E-state index contributed by atoms with van der Waals surface area (Å²) in [7, 11) is 3.35. The summed E-state index contributed by atoms with van der Waals surface area (Å²) in [6.45, 7) is 2.06. The summed E-state index contributed by atoms with van der Waals surface area (Å²) in [6.07, 6.45) is 0. The zero-order valence-corrected chi connectivity index (χ0v) is 20.9. The van der Waals surface area contributed by atoms with Gasteiger partial charge in [-0.2, -0.15) is 9.98 Å². The van der Waals surface area contributed by atoms with Gasteiger partial charge < -0.3 is 9.47 Å². The van der Waals surface area contributed by atoms with Gasteiger partial charge in [-0.3, -0.25) is 0 Å². The molecule has 0 radical (unpaired) electrons. The molecule has 0 bridgehead atoms. The largest absolute Gasteiger partial charge is 0.497 e. The predicted octanol–water partition coefficient (Wildman–Crippen LogP) is 8.09. The number of nitrogens with zero attached hydrogens (tertiary/aromatic N) is 2. The summed E-state index contributed by atoms with van der Waals surface area (Å²) in [4.78, 5) is 9.09. The van der Waals surface area contributed by atoms with Crippen molar-refractivity contribution in [1.29, 1.82) is 0 Å². The second kappa shape index (κ2) is 11.0. The van der Waals surface area contributed by atoms with Gasteiger partial charge in [0.1, 0.15) is 17.5 Å². The Kier molecular flexibility index (Phi) is 7.58. The van der Waals surface area contributed by atoms with Crippen LogP contribution in [0.5, 0.6) is 11.5 Å². The zero-order valence-electron chi connectivity index (χ0n) is 19.3. The molecule has 0 fully saturated rings. The fourth-order valence-electron chi connectivity index (χ4n) is 3.86. The number of hydrogen-bond acceptors (Lipinski definition) is 4. The lowest BCUT2D eigenvalue weighted by atomic mass is 9.83. The van der Waals surface area contributed by atoms with Crippen molar-refractivity contribution >= 4 is 33.3 Å². The number of rotatable bonds is 7. The minimum Gasteiger partial charge on any atom is -0.497 e. The summed E-state index contributed by atoms with van der Waals surface area (Å²) < 4.78 is 11.8. The van der Waals surface area contributed by atoms with Crippen LogP contribution in [0.2, 0.25) is 0 Å². The van der Waals surface area contributed by atoms with Gasteiger partial charge in [-0.25, -0.2) is 0 Å². The van der Waals surface area contributed by atoms with E-state index in [-0.39, 0.29) is 5.92 Å². The predicted molar refractivity (Wildman–Crippen MR) is 141 cm³/mol. The number of hydrogen-bond donors (Lipinski definition) is 0. The van der Waals surface area contributed by atoms with Gasteiger partial charge in [0.25, 0.3) is 0 Å². The summed E-state index contributed by atoms with van der Waals surface area (Å²) >= 11 is 3.45. The lowest BCUT2D eigenvalue weighted by Crippen LogP contribution is -2.05. The number of para-hydroxylation sites is 1. The molecule has 34 heavy (non-hydrogen) atoms. The molecule has 170 valence electrons. The first kappa shape index (κ1) is 23.5. The summed E-state index contributed by atoms with van der Waals surface area (Å²) in [6, 6.07) is 33.2. The van der Waals surface area contributed by atoms with Crippen molar-refractivity contribution in [3.8, 4) is 11.5 Å². The quantitative estimate of drug-likeness (QED) is 0.185. The van der Waals surface area contributed by atoms with Crippen LogP contribution in [-0.2, 0) is 0 Å². The third-order valence-electron chi connectivity index (χ3n) is 5.65. The monoisotopic (exact) mass is 512 g/mol. The third kappa shape index (κ3) is 5.45. The molecule has 0 aliphatic heterocycles. The van der Waals surface area contributed by atoms with E-state index in [1.165, 1.54) is 0 Å². The highest BCUT2D eigenvalue weighted by Gasteiger charge is 2.21. The molecule has 0 saturated carbocycles. The van der Waals surface area contributed by atoms with Gasteiger partial charge in [-0.05, 0) is 77.7 Å². The minimum absolute atomic E-state index is 0.0371. The molecule has 0 N–H and O–H groups in total. The molecular formula is C29H25BrN2O2. The Balaban J connectivity index is 1.82. The van der Waals surface area contributed by atoms with E-state index in [1.54, 1.807) is 14.2 Å². The zero-order chi connectivity index (χ0) is 23.9. The molecule has 4 nitrogen and oxygen atoms in total. The van der Waals surface area contributed by atoms with Crippen LogP contribution in [0.4, 0.5) is 11.4 Å². The number of aliphatic imine (C=N–C) groups is 2. The van der Waals surface area contributed by atoms with Crippen LogP contribution in [0.25, 0.3) is 0 Å². The van der Waals surface area contributed by atoms with Crippen LogP contribution >= 0.6 is 15.9 Å². The van der Waals surface area contributed by atoms with Crippen LogP contribution in [0.1, 0.15) is 28.2 Å².